The van der Waals surface area contributed by atoms with E-state index < -0.39 is 11.7 Å². The molecule has 5 heteroatoms. The molecule has 0 heterocycles. The maximum atomic E-state index is 12.9. The number of ether oxygens (including phenoxy) is 2. The lowest BCUT2D eigenvalue weighted by Gasteiger charge is -2.23. The van der Waals surface area contributed by atoms with E-state index in [-0.39, 0.29) is 11.7 Å². The summed E-state index contributed by atoms with van der Waals surface area (Å²) in [4.78, 5) is 25.0. The summed E-state index contributed by atoms with van der Waals surface area (Å²) in [7, 11) is 1.56. The Morgan fingerprint density at radius 2 is 1.79 bits per heavy atom. The molecule has 1 amide bonds. The van der Waals surface area contributed by atoms with Crippen molar-refractivity contribution in [2.24, 2.45) is 5.92 Å². The molecule has 1 aromatic carbocycles. The zero-order valence-electron chi connectivity index (χ0n) is 15.0. The highest BCUT2D eigenvalue weighted by atomic mass is 16.6. The number of ketones is 1. The van der Waals surface area contributed by atoms with Crippen LogP contribution in [0.4, 0.5) is 10.5 Å². The lowest BCUT2D eigenvalue weighted by Crippen LogP contribution is -2.28. The van der Waals surface area contributed by atoms with Gasteiger partial charge in [-0.3, -0.25) is 10.1 Å². The molecule has 0 radical (unpaired) electrons. The van der Waals surface area contributed by atoms with Gasteiger partial charge in [-0.2, -0.15) is 0 Å². The first kappa shape index (κ1) is 18.3. The van der Waals surface area contributed by atoms with Gasteiger partial charge in [0.25, 0.3) is 0 Å². The van der Waals surface area contributed by atoms with Crippen LogP contribution in [0.15, 0.2) is 18.2 Å². The standard InChI is InChI=1S/C19H27NO4/c1-19(2,3)24-18(22)20-16-11-10-14(23-4)12-15(16)17(21)13-8-6-5-7-9-13/h10-13H,5-9H2,1-4H3,(H,20,22). The van der Waals surface area contributed by atoms with E-state index in [2.05, 4.69) is 5.32 Å². The van der Waals surface area contributed by atoms with Crippen molar-refractivity contribution >= 4 is 17.6 Å². The Labute approximate surface area is 143 Å². The second-order valence-corrected chi connectivity index (χ2v) is 7.24. The molecule has 1 N–H and O–H groups in total. The summed E-state index contributed by atoms with van der Waals surface area (Å²) in [5, 5.41) is 2.70. The van der Waals surface area contributed by atoms with Crippen LogP contribution in [0.25, 0.3) is 0 Å². The second-order valence-electron chi connectivity index (χ2n) is 7.24. The van der Waals surface area contributed by atoms with Crippen LogP contribution in [0, 0.1) is 5.92 Å². The minimum absolute atomic E-state index is 0.0186. The molecule has 0 spiro atoms. The van der Waals surface area contributed by atoms with E-state index in [0.29, 0.717) is 17.0 Å². The van der Waals surface area contributed by atoms with Crippen molar-refractivity contribution in [3.8, 4) is 5.75 Å². The molecule has 0 saturated heterocycles. The minimum atomic E-state index is -0.593. The van der Waals surface area contributed by atoms with Gasteiger partial charge in [0.1, 0.15) is 11.4 Å². The molecule has 1 aliphatic rings. The highest BCUT2D eigenvalue weighted by Crippen LogP contribution is 2.31. The molecule has 0 bridgehead atoms. The van der Waals surface area contributed by atoms with Crippen molar-refractivity contribution in [3.05, 3.63) is 23.8 Å². The third kappa shape index (κ3) is 4.98. The SMILES string of the molecule is COc1ccc(NC(=O)OC(C)(C)C)c(C(=O)C2CCCCC2)c1. The van der Waals surface area contributed by atoms with Gasteiger partial charge in [0, 0.05) is 11.5 Å². The number of nitrogens with one attached hydrogen (secondary N) is 1. The third-order valence-electron chi connectivity index (χ3n) is 4.10. The largest absolute Gasteiger partial charge is 0.497 e. The summed E-state index contributed by atoms with van der Waals surface area (Å²) in [6.45, 7) is 5.40. The molecule has 5 nitrogen and oxygen atoms in total. The molecule has 1 aromatic rings. The normalized spacial score (nSPS) is 15.7. The van der Waals surface area contributed by atoms with Crippen LogP contribution in [0.1, 0.15) is 63.2 Å². The minimum Gasteiger partial charge on any atom is -0.497 e. The maximum Gasteiger partial charge on any atom is 0.412 e. The quantitative estimate of drug-likeness (QED) is 0.803. The zero-order chi connectivity index (χ0) is 17.7. The molecule has 24 heavy (non-hydrogen) atoms. The van der Waals surface area contributed by atoms with Crippen molar-refractivity contribution < 1.29 is 19.1 Å². The molecule has 0 unspecified atom stereocenters. The van der Waals surface area contributed by atoms with Crippen molar-refractivity contribution in [3.63, 3.8) is 0 Å². The summed E-state index contributed by atoms with van der Waals surface area (Å²) in [6, 6.07) is 5.12. The molecule has 0 aliphatic heterocycles. The van der Waals surface area contributed by atoms with Crippen molar-refractivity contribution in [2.75, 3.05) is 12.4 Å². The number of rotatable bonds is 4. The van der Waals surface area contributed by atoms with Gasteiger partial charge in [-0.25, -0.2) is 4.79 Å². The van der Waals surface area contributed by atoms with Crippen LogP contribution in [-0.4, -0.2) is 24.6 Å². The number of amides is 1. The molecule has 1 fully saturated rings. The van der Waals surface area contributed by atoms with Crippen LogP contribution < -0.4 is 10.1 Å². The Morgan fingerprint density at radius 1 is 1.12 bits per heavy atom. The molecule has 2 rings (SSSR count). The number of anilines is 1. The first-order valence-corrected chi connectivity index (χ1v) is 8.52. The molecular weight excluding hydrogens is 306 g/mol. The lowest BCUT2D eigenvalue weighted by molar-refractivity contribution is 0.0636. The summed E-state index contributed by atoms with van der Waals surface area (Å²) in [5.74, 6) is 0.689. The van der Waals surface area contributed by atoms with Crippen molar-refractivity contribution in [1.29, 1.82) is 0 Å². The number of benzene rings is 1. The molecule has 1 aliphatic carbocycles. The van der Waals surface area contributed by atoms with E-state index in [1.807, 2.05) is 0 Å². The smallest absolute Gasteiger partial charge is 0.412 e. The number of Topliss-reactive ketones (excluding diaryl/α,β-unsaturated/α-hetero) is 1. The fraction of sp³-hybridized carbons (Fsp3) is 0.579. The Balaban J connectivity index is 2.23. The van der Waals surface area contributed by atoms with Gasteiger partial charge in [-0.15, -0.1) is 0 Å². The highest BCUT2D eigenvalue weighted by molar-refractivity contribution is 6.05. The van der Waals surface area contributed by atoms with Gasteiger partial charge in [0.05, 0.1) is 12.8 Å². The summed E-state index contributed by atoms with van der Waals surface area (Å²) in [5.41, 5.74) is 0.372. The zero-order valence-corrected chi connectivity index (χ0v) is 15.0. The number of hydrogen-bond donors (Lipinski definition) is 1. The van der Waals surface area contributed by atoms with E-state index in [1.165, 1.54) is 6.42 Å². The number of hydrogen-bond acceptors (Lipinski definition) is 4. The van der Waals surface area contributed by atoms with Crippen molar-refractivity contribution in [1.82, 2.24) is 0 Å². The summed E-state index contributed by atoms with van der Waals surface area (Å²) < 4.78 is 10.5. The van der Waals surface area contributed by atoms with Gasteiger partial charge in [0.2, 0.25) is 0 Å². The van der Waals surface area contributed by atoms with E-state index in [9.17, 15) is 9.59 Å². The van der Waals surface area contributed by atoms with E-state index in [1.54, 1.807) is 46.1 Å². The fourth-order valence-electron chi connectivity index (χ4n) is 2.96. The van der Waals surface area contributed by atoms with Gasteiger partial charge in [-0.1, -0.05) is 19.3 Å². The van der Waals surface area contributed by atoms with E-state index >= 15 is 0 Å². The number of carbonyl (C=O) groups excluding carboxylic acids is 2. The average Bonchev–Trinajstić information content (AvgIpc) is 2.53. The number of methoxy groups -OCH3 is 1. The van der Waals surface area contributed by atoms with Gasteiger partial charge in [0.15, 0.2) is 5.78 Å². The second kappa shape index (κ2) is 7.69. The van der Waals surface area contributed by atoms with Gasteiger partial charge >= 0.3 is 6.09 Å². The van der Waals surface area contributed by atoms with Crippen LogP contribution in [0.3, 0.4) is 0 Å². The first-order chi connectivity index (χ1) is 11.3. The van der Waals surface area contributed by atoms with Crippen LogP contribution in [0.2, 0.25) is 0 Å². The first-order valence-electron chi connectivity index (χ1n) is 8.52. The van der Waals surface area contributed by atoms with Crippen LogP contribution in [0.5, 0.6) is 5.75 Å². The third-order valence-corrected chi connectivity index (χ3v) is 4.10. The van der Waals surface area contributed by atoms with E-state index in [4.69, 9.17) is 9.47 Å². The molecular formula is C19H27NO4. The summed E-state index contributed by atoms with van der Waals surface area (Å²) >= 11 is 0. The van der Waals surface area contributed by atoms with Crippen LogP contribution >= 0.6 is 0 Å². The predicted molar refractivity (Wildman–Crippen MR) is 93.8 cm³/mol. The van der Waals surface area contributed by atoms with Crippen LogP contribution in [-0.2, 0) is 4.74 Å². The molecule has 1 saturated carbocycles. The lowest BCUT2D eigenvalue weighted by atomic mass is 9.83. The fourth-order valence-corrected chi connectivity index (χ4v) is 2.96. The average molecular weight is 333 g/mol. The summed E-state index contributed by atoms with van der Waals surface area (Å²) in [6.07, 6.45) is 4.59. The topological polar surface area (TPSA) is 64.6 Å². The maximum absolute atomic E-state index is 12.9. The molecule has 0 aromatic heterocycles. The Bertz CT molecular complexity index is 598. The van der Waals surface area contributed by atoms with Gasteiger partial charge in [-0.05, 0) is 51.8 Å². The van der Waals surface area contributed by atoms with E-state index in [0.717, 1.165) is 25.7 Å². The number of carbonyl (C=O) groups is 2. The predicted octanol–water partition coefficient (Wildman–Crippen LogP) is 4.81. The van der Waals surface area contributed by atoms with Gasteiger partial charge < -0.3 is 9.47 Å². The monoisotopic (exact) mass is 333 g/mol. The Hall–Kier alpha value is -2.04. The molecule has 132 valence electrons. The van der Waals surface area contributed by atoms with Crippen molar-refractivity contribution in [2.45, 2.75) is 58.5 Å². The molecule has 0 atom stereocenters. The highest BCUT2D eigenvalue weighted by Gasteiger charge is 2.26. The Morgan fingerprint density at radius 3 is 2.38 bits per heavy atom. The Kier molecular flexibility index (Phi) is 5.86.